The van der Waals surface area contributed by atoms with Gasteiger partial charge in [-0.2, -0.15) is 0 Å². The topological polar surface area (TPSA) is 92.4 Å². The summed E-state index contributed by atoms with van der Waals surface area (Å²) in [5.41, 5.74) is 3.76. The molecule has 0 amide bonds. The van der Waals surface area contributed by atoms with Gasteiger partial charge < -0.3 is 16.1 Å². The van der Waals surface area contributed by atoms with Crippen molar-refractivity contribution in [2.24, 2.45) is 5.28 Å². The van der Waals surface area contributed by atoms with Gasteiger partial charge in [0, 0.05) is 4.97 Å². The van der Waals surface area contributed by atoms with E-state index in [2.05, 4.69) is 11.0 Å². The van der Waals surface area contributed by atoms with Gasteiger partial charge in [0.15, 0.2) is 0 Å². The summed E-state index contributed by atoms with van der Waals surface area (Å²) < 4.78 is 0. The van der Waals surface area contributed by atoms with Crippen LogP contribution in [0.1, 0.15) is 26.2 Å². The lowest BCUT2D eigenvalue weighted by Crippen LogP contribution is -2.63. The molecule has 0 aliphatic carbocycles. The predicted octanol–water partition coefficient (Wildman–Crippen LogP) is -0.153. The fourth-order valence-corrected chi connectivity index (χ4v) is 1.90. The predicted molar refractivity (Wildman–Crippen MR) is 46.1 cm³/mol. The number of hydrazine groups is 1. The molecule has 6 heteroatoms. The zero-order valence-corrected chi connectivity index (χ0v) is 7.85. The number of piperidine rings is 1. The molecule has 0 spiro atoms. The van der Waals surface area contributed by atoms with Gasteiger partial charge in [-0.15, -0.1) is 5.01 Å². The van der Waals surface area contributed by atoms with E-state index in [-0.39, 0.29) is 17.1 Å². The summed E-state index contributed by atoms with van der Waals surface area (Å²) in [6, 6.07) is 0.162. The molecule has 1 unspecified atom stereocenters. The van der Waals surface area contributed by atoms with E-state index in [1.807, 2.05) is 6.92 Å². The van der Waals surface area contributed by atoms with Gasteiger partial charge in [0.1, 0.15) is 12.6 Å². The van der Waals surface area contributed by atoms with E-state index < -0.39 is 0 Å². The Balaban J connectivity index is 2.73. The van der Waals surface area contributed by atoms with E-state index in [0.717, 1.165) is 19.3 Å². The summed E-state index contributed by atoms with van der Waals surface area (Å²) in [5.74, 6) is 0. The van der Waals surface area contributed by atoms with Gasteiger partial charge in [-0.3, -0.25) is 0 Å². The van der Waals surface area contributed by atoms with E-state index in [1.54, 1.807) is 0 Å². The van der Waals surface area contributed by atoms with E-state index in [0.29, 0.717) is 6.54 Å². The van der Waals surface area contributed by atoms with Crippen LogP contribution >= 0.6 is 0 Å². The molecule has 1 saturated heterocycles. The summed E-state index contributed by atoms with van der Waals surface area (Å²) in [6.07, 6.45) is 2.94. The first-order valence-electron chi connectivity index (χ1n) is 4.58. The first kappa shape index (κ1) is 10.0. The highest BCUT2D eigenvalue weighted by Gasteiger charge is 2.33. The Morgan fingerprint density at radius 1 is 1.62 bits per heavy atom. The first-order chi connectivity index (χ1) is 6.20. The van der Waals surface area contributed by atoms with Gasteiger partial charge in [0.25, 0.3) is 0 Å². The fourth-order valence-electron chi connectivity index (χ4n) is 1.90. The Bertz CT molecular complexity index is 197. The van der Waals surface area contributed by atoms with Crippen molar-refractivity contribution in [2.75, 3.05) is 6.54 Å². The number of hydrogen-bond acceptors (Lipinski definition) is 3. The lowest BCUT2D eigenvalue weighted by Gasteiger charge is -2.34. The van der Waals surface area contributed by atoms with Crippen LogP contribution in [0, 0.1) is 10.4 Å². The summed E-state index contributed by atoms with van der Waals surface area (Å²) in [7, 11) is 0. The molecule has 1 aliphatic rings. The van der Waals surface area contributed by atoms with Crippen LogP contribution in [0.3, 0.4) is 0 Å². The monoisotopic (exact) mass is 188 g/mol. The van der Waals surface area contributed by atoms with Crippen molar-refractivity contribution >= 4 is 0 Å². The average molecular weight is 188 g/mol. The van der Waals surface area contributed by atoms with E-state index >= 15 is 0 Å². The molecule has 1 aliphatic heterocycles. The second-order valence-corrected chi connectivity index (χ2v) is 3.44. The standard InChI is InChI=1S/C7H16N4O2/c1-6-3-2-4-7(5-8)10(6)11(13)9-12/h6-7,12H,2-5,8H2,1H3/b11-9+/t6-,7?/m0/s1. The molecule has 0 bridgehead atoms. The molecular formula is C7H16N4O2. The van der Waals surface area contributed by atoms with Crippen LogP contribution in [0.2, 0.25) is 0 Å². The molecule has 0 radical (unpaired) electrons. The molecule has 1 fully saturated rings. The van der Waals surface area contributed by atoms with Crippen molar-refractivity contribution in [3.8, 4) is 0 Å². The van der Waals surface area contributed by atoms with Crippen LogP contribution in [0.25, 0.3) is 0 Å². The largest absolute Gasteiger partial charge is 0.737 e. The highest BCUT2D eigenvalue weighted by molar-refractivity contribution is 4.75. The lowest BCUT2D eigenvalue weighted by atomic mass is 9.99. The van der Waals surface area contributed by atoms with Gasteiger partial charge in [-0.05, 0) is 31.5 Å². The third-order valence-electron chi connectivity index (χ3n) is 2.59. The number of quaternary nitrogens is 1. The molecule has 0 aromatic heterocycles. The molecule has 2 atom stereocenters. The zero-order chi connectivity index (χ0) is 9.84. The Morgan fingerprint density at radius 2 is 2.31 bits per heavy atom. The molecule has 76 valence electrons. The van der Waals surface area contributed by atoms with E-state index in [9.17, 15) is 10.4 Å². The Kier molecular flexibility index (Phi) is 3.30. The molecule has 0 aromatic rings. The van der Waals surface area contributed by atoms with Crippen LogP contribution in [-0.4, -0.2) is 28.6 Å². The quantitative estimate of drug-likeness (QED) is 0.371. The smallest absolute Gasteiger partial charge is 0.136 e. The van der Waals surface area contributed by atoms with Gasteiger partial charge in [-0.1, -0.05) is 0 Å². The van der Waals surface area contributed by atoms with Crippen molar-refractivity contribution in [1.82, 2.24) is 5.01 Å². The Morgan fingerprint density at radius 3 is 2.85 bits per heavy atom. The van der Waals surface area contributed by atoms with Gasteiger partial charge >= 0.3 is 0 Å². The van der Waals surface area contributed by atoms with Crippen LogP contribution in [0.5, 0.6) is 0 Å². The SMILES string of the molecule is C[C@H]1CCCC(C[NH3+])N1/[N+]([O-])=N\[O-]. The van der Waals surface area contributed by atoms with E-state index in [4.69, 9.17) is 0 Å². The number of nitrogens with zero attached hydrogens (tertiary/aromatic N) is 3. The van der Waals surface area contributed by atoms with Crippen LogP contribution in [0.4, 0.5) is 0 Å². The van der Waals surface area contributed by atoms with Crippen molar-refractivity contribution in [3.05, 3.63) is 10.4 Å². The van der Waals surface area contributed by atoms with Crippen LogP contribution < -0.4 is 5.73 Å². The van der Waals surface area contributed by atoms with E-state index in [1.165, 1.54) is 5.01 Å². The second-order valence-electron chi connectivity index (χ2n) is 3.44. The van der Waals surface area contributed by atoms with Crippen molar-refractivity contribution in [3.63, 3.8) is 0 Å². The molecule has 1 rings (SSSR count). The minimum atomic E-state index is 0.0685. The highest BCUT2D eigenvalue weighted by atomic mass is 16.6. The number of rotatable bonds is 2. The minimum Gasteiger partial charge on any atom is -0.737 e. The second kappa shape index (κ2) is 4.27. The van der Waals surface area contributed by atoms with Gasteiger partial charge in [-0.25, -0.2) is 0 Å². The lowest BCUT2D eigenvalue weighted by molar-refractivity contribution is -0.712. The Hall–Kier alpha value is -1.04. The summed E-state index contributed by atoms with van der Waals surface area (Å²) in [5, 5.41) is 25.1. The molecule has 1 heterocycles. The summed E-state index contributed by atoms with van der Waals surface area (Å²) >= 11 is 0. The summed E-state index contributed by atoms with van der Waals surface area (Å²) in [6.45, 7) is 2.57. The van der Waals surface area contributed by atoms with Crippen molar-refractivity contribution < 1.29 is 10.7 Å². The van der Waals surface area contributed by atoms with Gasteiger partial charge in [0.05, 0.1) is 6.04 Å². The third kappa shape index (κ3) is 2.00. The maximum absolute atomic E-state index is 11.1. The third-order valence-corrected chi connectivity index (χ3v) is 2.59. The molecule has 0 aromatic carbocycles. The molecule has 3 N–H and O–H groups in total. The highest BCUT2D eigenvalue weighted by Crippen LogP contribution is 2.21. The van der Waals surface area contributed by atoms with Crippen molar-refractivity contribution in [2.45, 2.75) is 38.3 Å². The van der Waals surface area contributed by atoms with Gasteiger partial charge in [0.2, 0.25) is 0 Å². The molecular weight excluding hydrogens is 172 g/mol. The zero-order valence-electron chi connectivity index (χ0n) is 7.85. The Labute approximate surface area is 77.1 Å². The molecule has 0 saturated carbocycles. The molecule has 13 heavy (non-hydrogen) atoms. The maximum Gasteiger partial charge on any atom is 0.136 e. The fraction of sp³-hybridized carbons (Fsp3) is 1.00. The average Bonchev–Trinajstić information content (AvgIpc) is 2.16. The number of hydrogen-bond donors (Lipinski definition) is 1. The molecule has 6 nitrogen and oxygen atoms in total. The first-order valence-corrected chi connectivity index (χ1v) is 4.58. The maximum atomic E-state index is 11.1. The summed E-state index contributed by atoms with van der Waals surface area (Å²) in [4.78, 5) is 0.166. The van der Waals surface area contributed by atoms with Crippen LogP contribution in [0.15, 0.2) is 5.28 Å². The van der Waals surface area contributed by atoms with Crippen LogP contribution in [-0.2, 0) is 0 Å². The minimum absolute atomic E-state index is 0.0685. The normalized spacial score (nSPS) is 30.6. The van der Waals surface area contributed by atoms with Crippen molar-refractivity contribution in [1.29, 1.82) is 0 Å².